The van der Waals surface area contributed by atoms with Crippen LogP contribution in [-0.2, 0) is 32.7 Å². The predicted molar refractivity (Wildman–Crippen MR) is 145 cm³/mol. The minimum absolute atomic E-state index is 0.189. The van der Waals surface area contributed by atoms with Crippen molar-refractivity contribution in [3.05, 3.63) is 0 Å². The van der Waals surface area contributed by atoms with Gasteiger partial charge in [0.05, 0.1) is 19.8 Å². The molecule has 0 aromatic heterocycles. The fourth-order valence-electron chi connectivity index (χ4n) is 3.70. The van der Waals surface area contributed by atoms with Crippen molar-refractivity contribution in [1.29, 1.82) is 0 Å². The normalized spacial score (nSPS) is 14.6. The van der Waals surface area contributed by atoms with Crippen molar-refractivity contribution in [1.82, 2.24) is 0 Å². The highest BCUT2D eigenvalue weighted by Gasteiger charge is 2.27. The van der Waals surface area contributed by atoms with Crippen LogP contribution < -0.4 is 0 Å². The standard InChI is InChI=1S/C27H53O10P/c1-3-5-7-9-11-12-13-15-17-19-27(31)37-25(23-36-38(32,33)35-21-24(29)20-28)22-34-26(30)18-16-14-10-8-6-4-2/h24-25,28-29H,3-23H2,1-2H3,(H,32,33)/t24-,25+/m1/s1. The van der Waals surface area contributed by atoms with Crippen molar-refractivity contribution < 1.29 is 47.8 Å². The maximum absolute atomic E-state index is 12.3. The molecule has 0 saturated heterocycles. The summed E-state index contributed by atoms with van der Waals surface area (Å²) in [6, 6.07) is 0. The lowest BCUT2D eigenvalue weighted by Gasteiger charge is -2.20. The molecule has 226 valence electrons. The monoisotopic (exact) mass is 568 g/mol. The van der Waals surface area contributed by atoms with Crippen LogP contribution in [-0.4, -0.2) is 65.7 Å². The first kappa shape index (κ1) is 37.0. The number of aliphatic hydroxyl groups excluding tert-OH is 2. The Morgan fingerprint density at radius 1 is 0.684 bits per heavy atom. The molecule has 0 aromatic carbocycles. The molecule has 0 fully saturated rings. The number of esters is 2. The van der Waals surface area contributed by atoms with E-state index in [0.717, 1.165) is 44.9 Å². The van der Waals surface area contributed by atoms with Crippen molar-refractivity contribution in [3.63, 3.8) is 0 Å². The van der Waals surface area contributed by atoms with Gasteiger partial charge in [0.2, 0.25) is 0 Å². The number of phosphoric acid groups is 1. The number of ether oxygens (including phenoxy) is 2. The van der Waals surface area contributed by atoms with Gasteiger partial charge in [0.25, 0.3) is 0 Å². The van der Waals surface area contributed by atoms with Gasteiger partial charge in [-0.2, -0.15) is 0 Å². The zero-order chi connectivity index (χ0) is 28.5. The summed E-state index contributed by atoms with van der Waals surface area (Å²) in [4.78, 5) is 34.2. The number of rotatable bonds is 27. The number of hydrogen-bond donors (Lipinski definition) is 3. The van der Waals surface area contributed by atoms with E-state index in [9.17, 15) is 24.2 Å². The summed E-state index contributed by atoms with van der Waals surface area (Å²) >= 11 is 0. The van der Waals surface area contributed by atoms with Crippen molar-refractivity contribution in [2.45, 2.75) is 135 Å². The van der Waals surface area contributed by atoms with E-state index in [1.54, 1.807) is 0 Å². The number of carbonyl (C=O) groups excluding carboxylic acids is 2. The van der Waals surface area contributed by atoms with Crippen LogP contribution >= 0.6 is 7.82 Å². The molecule has 0 rings (SSSR count). The molecule has 0 heterocycles. The van der Waals surface area contributed by atoms with Gasteiger partial charge in [0.15, 0.2) is 6.10 Å². The Hall–Kier alpha value is -1.03. The Morgan fingerprint density at radius 3 is 1.63 bits per heavy atom. The van der Waals surface area contributed by atoms with E-state index in [0.29, 0.717) is 12.8 Å². The van der Waals surface area contributed by atoms with Gasteiger partial charge >= 0.3 is 19.8 Å². The van der Waals surface area contributed by atoms with E-state index in [2.05, 4.69) is 18.4 Å². The SMILES string of the molecule is CCCCCCCCCCCC(=O)O[C@@H](COC(=O)CCCCCCCC)COP(=O)(O)OC[C@H](O)CO. The van der Waals surface area contributed by atoms with Crippen LogP contribution in [0.25, 0.3) is 0 Å². The molecular weight excluding hydrogens is 515 g/mol. The lowest BCUT2D eigenvalue weighted by molar-refractivity contribution is -0.161. The fourth-order valence-corrected chi connectivity index (χ4v) is 4.49. The van der Waals surface area contributed by atoms with E-state index in [4.69, 9.17) is 19.1 Å². The number of carbonyl (C=O) groups is 2. The quantitative estimate of drug-likeness (QED) is 0.0649. The molecule has 0 aromatic rings. The molecule has 3 N–H and O–H groups in total. The number of phosphoric ester groups is 1. The van der Waals surface area contributed by atoms with E-state index in [-0.39, 0.29) is 19.4 Å². The summed E-state index contributed by atoms with van der Waals surface area (Å²) in [7, 11) is -4.58. The van der Waals surface area contributed by atoms with Crippen LogP contribution in [0.15, 0.2) is 0 Å². The van der Waals surface area contributed by atoms with Crippen LogP contribution in [0.4, 0.5) is 0 Å². The molecule has 0 aliphatic heterocycles. The highest BCUT2D eigenvalue weighted by Crippen LogP contribution is 2.43. The minimum atomic E-state index is -4.58. The summed E-state index contributed by atoms with van der Waals surface area (Å²) < 4.78 is 32.1. The average Bonchev–Trinajstić information content (AvgIpc) is 2.89. The summed E-state index contributed by atoms with van der Waals surface area (Å²) in [6.45, 7) is 2.24. The Kier molecular flexibility index (Phi) is 24.3. The van der Waals surface area contributed by atoms with Crippen molar-refractivity contribution >= 4 is 19.8 Å². The van der Waals surface area contributed by atoms with Gasteiger partial charge in [-0.15, -0.1) is 0 Å². The fraction of sp³-hybridized carbons (Fsp3) is 0.926. The van der Waals surface area contributed by atoms with Crippen LogP contribution in [0.1, 0.15) is 123 Å². The number of hydrogen-bond acceptors (Lipinski definition) is 9. The van der Waals surface area contributed by atoms with E-state index in [1.165, 1.54) is 38.5 Å². The highest BCUT2D eigenvalue weighted by molar-refractivity contribution is 7.47. The second kappa shape index (κ2) is 25.0. The van der Waals surface area contributed by atoms with Crippen LogP contribution in [0.2, 0.25) is 0 Å². The average molecular weight is 569 g/mol. The molecule has 1 unspecified atom stereocenters. The molecular formula is C27H53O10P. The maximum Gasteiger partial charge on any atom is 0.472 e. The maximum atomic E-state index is 12.3. The summed E-state index contributed by atoms with van der Waals surface area (Å²) in [6.07, 6.45) is 14.1. The third-order valence-corrected chi connectivity index (χ3v) is 6.96. The van der Waals surface area contributed by atoms with E-state index in [1.807, 2.05) is 0 Å². The van der Waals surface area contributed by atoms with Gasteiger partial charge < -0.3 is 24.6 Å². The third-order valence-electron chi connectivity index (χ3n) is 6.01. The topological polar surface area (TPSA) is 149 Å². The van der Waals surface area contributed by atoms with Gasteiger partial charge in [-0.25, -0.2) is 4.57 Å². The zero-order valence-corrected chi connectivity index (χ0v) is 24.5. The van der Waals surface area contributed by atoms with Crippen molar-refractivity contribution in [3.8, 4) is 0 Å². The lowest BCUT2D eigenvalue weighted by Crippen LogP contribution is -2.29. The second-order valence-electron chi connectivity index (χ2n) is 9.79. The molecule has 38 heavy (non-hydrogen) atoms. The van der Waals surface area contributed by atoms with Gasteiger partial charge in [-0.05, 0) is 12.8 Å². The molecule has 11 heteroatoms. The lowest BCUT2D eigenvalue weighted by atomic mass is 10.1. The third kappa shape index (κ3) is 24.0. The Morgan fingerprint density at radius 2 is 1.13 bits per heavy atom. The van der Waals surface area contributed by atoms with Gasteiger partial charge in [0.1, 0.15) is 12.7 Å². The van der Waals surface area contributed by atoms with E-state index < -0.39 is 51.8 Å². The molecule has 3 atom stereocenters. The first-order valence-electron chi connectivity index (χ1n) is 14.5. The molecule has 10 nitrogen and oxygen atoms in total. The molecule has 0 bridgehead atoms. The largest absolute Gasteiger partial charge is 0.472 e. The molecule has 0 spiro atoms. The molecule has 0 aliphatic carbocycles. The zero-order valence-electron chi connectivity index (χ0n) is 23.7. The molecule has 0 saturated carbocycles. The Bertz CT molecular complexity index is 631. The highest BCUT2D eigenvalue weighted by atomic mass is 31.2. The van der Waals surface area contributed by atoms with Gasteiger partial charge in [-0.3, -0.25) is 18.6 Å². The predicted octanol–water partition coefficient (Wildman–Crippen LogP) is 5.60. The van der Waals surface area contributed by atoms with Crippen LogP contribution in [0.3, 0.4) is 0 Å². The van der Waals surface area contributed by atoms with E-state index >= 15 is 0 Å². The first-order chi connectivity index (χ1) is 18.2. The summed E-state index contributed by atoms with van der Waals surface area (Å²) in [5.41, 5.74) is 0. The van der Waals surface area contributed by atoms with Gasteiger partial charge in [-0.1, -0.05) is 97.3 Å². The van der Waals surface area contributed by atoms with Crippen molar-refractivity contribution in [2.24, 2.45) is 0 Å². The summed E-state index contributed by atoms with van der Waals surface area (Å²) in [5, 5.41) is 18.1. The molecule has 0 amide bonds. The first-order valence-corrected chi connectivity index (χ1v) is 16.0. The summed E-state index contributed by atoms with van der Waals surface area (Å²) in [5.74, 6) is -0.937. The van der Waals surface area contributed by atoms with Crippen molar-refractivity contribution in [2.75, 3.05) is 26.4 Å². The number of aliphatic hydroxyl groups is 2. The minimum Gasteiger partial charge on any atom is -0.462 e. The smallest absolute Gasteiger partial charge is 0.462 e. The second-order valence-corrected chi connectivity index (χ2v) is 11.2. The van der Waals surface area contributed by atoms with Gasteiger partial charge in [0, 0.05) is 12.8 Å². The number of unbranched alkanes of at least 4 members (excludes halogenated alkanes) is 13. The molecule has 0 radical (unpaired) electrons. The molecule has 0 aliphatic rings. The Balaban J connectivity index is 4.51. The van der Waals surface area contributed by atoms with Crippen LogP contribution in [0, 0.1) is 0 Å². The van der Waals surface area contributed by atoms with Crippen LogP contribution in [0.5, 0.6) is 0 Å². The Labute approximate surface area is 229 Å².